The number of likely N-dealkylation sites (tertiary alicyclic amines) is 1. The molecule has 8 heteroatoms. The van der Waals surface area contributed by atoms with Gasteiger partial charge in [-0.2, -0.15) is 4.98 Å². The van der Waals surface area contributed by atoms with E-state index < -0.39 is 6.09 Å². The van der Waals surface area contributed by atoms with Gasteiger partial charge in [-0.3, -0.25) is 0 Å². The van der Waals surface area contributed by atoms with Crippen LogP contribution in [0.2, 0.25) is 0 Å². The lowest BCUT2D eigenvalue weighted by molar-refractivity contribution is 0.0558. The van der Waals surface area contributed by atoms with Crippen LogP contribution in [0.3, 0.4) is 0 Å². The van der Waals surface area contributed by atoms with Gasteiger partial charge in [-0.05, 0) is 5.41 Å². The van der Waals surface area contributed by atoms with E-state index in [4.69, 9.17) is 4.74 Å². The summed E-state index contributed by atoms with van der Waals surface area (Å²) in [5.74, 6) is 0.405. The Labute approximate surface area is 134 Å². The summed E-state index contributed by atoms with van der Waals surface area (Å²) < 4.78 is 7.88. The van der Waals surface area contributed by atoms with Crippen LogP contribution < -0.4 is 4.74 Å². The smallest absolute Gasteiger partial charge is 0.407 e. The molecule has 0 radical (unpaired) electrons. The molecular formula is C15H21N5O3. The Kier molecular flexibility index (Phi) is 3.62. The van der Waals surface area contributed by atoms with Crippen molar-refractivity contribution in [1.82, 2.24) is 24.4 Å². The normalized spacial score (nSPS) is 21.8. The van der Waals surface area contributed by atoms with Crippen LogP contribution in [0.1, 0.15) is 27.2 Å². The largest absolute Gasteiger partial charge is 0.470 e. The number of hydrogen-bond donors (Lipinski definition) is 1. The zero-order valence-electron chi connectivity index (χ0n) is 13.7. The number of aryl methyl sites for hydroxylation is 1. The SMILES string of the molecule is Cn1cnc2c(OC3CCN(C(=O)O)C3C(C)(C)C)ncnc21. The van der Waals surface area contributed by atoms with Crippen molar-refractivity contribution >= 4 is 17.3 Å². The molecule has 1 N–H and O–H groups in total. The van der Waals surface area contributed by atoms with Crippen molar-refractivity contribution < 1.29 is 14.6 Å². The molecule has 8 nitrogen and oxygen atoms in total. The van der Waals surface area contributed by atoms with E-state index >= 15 is 0 Å². The molecule has 0 spiro atoms. The van der Waals surface area contributed by atoms with E-state index in [0.29, 0.717) is 30.0 Å². The van der Waals surface area contributed by atoms with Gasteiger partial charge in [-0.25, -0.2) is 14.8 Å². The minimum Gasteiger partial charge on any atom is -0.470 e. The highest BCUT2D eigenvalue weighted by atomic mass is 16.5. The van der Waals surface area contributed by atoms with E-state index in [1.165, 1.54) is 11.2 Å². The fourth-order valence-electron chi connectivity index (χ4n) is 3.28. The fourth-order valence-corrected chi connectivity index (χ4v) is 3.28. The molecule has 0 bridgehead atoms. The molecule has 3 heterocycles. The number of carbonyl (C=O) groups is 1. The van der Waals surface area contributed by atoms with Gasteiger partial charge < -0.3 is 19.3 Å². The average Bonchev–Trinajstić information content (AvgIpc) is 3.04. The molecular weight excluding hydrogens is 298 g/mol. The summed E-state index contributed by atoms with van der Waals surface area (Å²) in [7, 11) is 1.85. The maximum atomic E-state index is 11.5. The van der Waals surface area contributed by atoms with Gasteiger partial charge in [0.1, 0.15) is 12.4 Å². The van der Waals surface area contributed by atoms with Crippen LogP contribution in [-0.2, 0) is 7.05 Å². The summed E-state index contributed by atoms with van der Waals surface area (Å²) in [6, 6.07) is -0.242. The number of carboxylic acid groups (broad SMARTS) is 1. The third kappa shape index (κ3) is 2.69. The predicted molar refractivity (Wildman–Crippen MR) is 83.3 cm³/mol. The highest BCUT2D eigenvalue weighted by Crippen LogP contribution is 2.35. The summed E-state index contributed by atoms with van der Waals surface area (Å²) in [6.45, 7) is 6.52. The molecule has 1 fully saturated rings. The van der Waals surface area contributed by atoms with Crippen molar-refractivity contribution in [2.24, 2.45) is 12.5 Å². The minimum absolute atomic E-state index is 0.240. The van der Waals surface area contributed by atoms with E-state index in [0.717, 1.165) is 0 Å². The first-order valence-electron chi connectivity index (χ1n) is 7.57. The standard InChI is InChI=1S/C15H21N5O3/c1-15(2,3)11-9(5-6-20(11)14(21)22)23-13-10-12(16-7-17-13)19(4)8-18-10/h7-9,11H,5-6H2,1-4H3,(H,21,22). The maximum Gasteiger partial charge on any atom is 0.407 e. The van der Waals surface area contributed by atoms with E-state index in [1.807, 2.05) is 27.8 Å². The number of rotatable bonds is 2. The van der Waals surface area contributed by atoms with Gasteiger partial charge in [0.25, 0.3) is 0 Å². The molecule has 0 saturated carbocycles. The van der Waals surface area contributed by atoms with Crippen molar-refractivity contribution in [3.63, 3.8) is 0 Å². The molecule has 1 amide bonds. The second-order valence-electron chi connectivity index (χ2n) is 6.94. The van der Waals surface area contributed by atoms with Gasteiger partial charge in [-0.1, -0.05) is 20.8 Å². The van der Waals surface area contributed by atoms with Crippen LogP contribution in [0.5, 0.6) is 5.88 Å². The van der Waals surface area contributed by atoms with Crippen molar-refractivity contribution in [1.29, 1.82) is 0 Å². The molecule has 2 unspecified atom stereocenters. The Hall–Kier alpha value is -2.38. The monoisotopic (exact) mass is 319 g/mol. The van der Waals surface area contributed by atoms with Crippen LogP contribution in [0, 0.1) is 5.41 Å². The number of imidazole rings is 1. The van der Waals surface area contributed by atoms with Crippen LogP contribution >= 0.6 is 0 Å². The van der Waals surface area contributed by atoms with Crippen LogP contribution in [0.25, 0.3) is 11.2 Å². The topological polar surface area (TPSA) is 93.4 Å². The Bertz CT molecular complexity index is 736. The Balaban J connectivity index is 1.93. The number of amides is 1. The summed E-state index contributed by atoms with van der Waals surface area (Å²) in [4.78, 5) is 25.6. The third-order valence-electron chi connectivity index (χ3n) is 4.20. The molecule has 0 aliphatic carbocycles. The van der Waals surface area contributed by atoms with E-state index in [9.17, 15) is 9.90 Å². The lowest BCUT2D eigenvalue weighted by Crippen LogP contribution is -2.48. The van der Waals surface area contributed by atoms with E-state index in [-0.39, 0.29) is 17.6 Å². The predicted octanol–water partition coefficient (Wildman–Crippen LogP) is 1.91. The van der Waals surface area contributed by atoms with E-state index in [2.05, 4.69) is 15.0 Å². The molecule has 2 atom stereocenters. The number of ether oxygens (including phenoxy) is 1. The zero-order chi connectivity index (χ0) is 16.8. The van der Waals surface area contributed by atoms with Gasteiger partial charge in [0.2, 0.25) is 5.88 Å². The van der Waals surface area contributed by atoms with Crippen LogP contribution in [0.4, 0.5) is 4.79 Å². The van der Waals surface area contributed by atoms with Crippen LogP contribution in [0.15, 0.2) is 12.7 Å². The highest BCUT2D eigenvalue weighted by molar-refractivity contribution is 5.75. The second kappa shape index (κ2) is 5.36. The maximum absolute atomic E-state index is 11.5. The van der Waals surface area contributed by atoms with Gasteiger partial charge in [0.05, 0.1) is 12.4 Å². The molecule has 1 saturated heterocycles. The lowest BCUT2D eigenvalue weighted by Gasteiger charge is -2.36. The quantitative estimate of drug-likeness (QED) is 0.909. The molecule has 23 heavy (non-hydrogen) atoms. The van der Waals surface area contributed by atoms with Crippen molar-refractivity contribution in [2.45, 2.75) is 39.3 Å². The average molecular weight is 319 g/mol. The van der Waals surface area contributed by atoms with Crippen molar-refractivity contribution in [3.05, 3.63) is 12.7 Å². The van der Waals surface area contributed by atoms with Gasteiger partial charge in [0.15, 0.2) is 11.2 Å². The summed E-state index contributed by atoms with van der Waals surface area (Å²) in [5, 5.41) is 9.44. The molecule has 124 valence electrons. The molecule has 3 rings (SSSR count). The minimum atomic E-state index is -0.915. The first-order valence-corrected chi connectivity index (χ1v) is 7.57. The number of nitrogens with zero attached hydrogens (tertiary/aromatic N) is 5. The summed E-state index contributed by atoms with van der Waals surface area (Å²) in [6.07, 6.45) is 2.56. The fraction of sp³-hybridized carbons (Fsp3) is 0.600. The number of aromatic nitrogens is 4. The summed E-state index contributed by atoms with van der Waals surface area (Å²) >= 11 is 0. The van der Waals surface area contributed by atoms with Gasteiger partial charge >= 0.3 is 6.09 Å². The van der Waals surface area contributed by atoms with Crippen molar-refractivity contribution in [3.8, 4) is 5.88 Å². The molecule has 2 aromatic rings. The first-order chi connectivity index (χ1) is 10.8. The highest BCUT2D eigenvalue weighted by Gasteiger charge is 2.45. The lowest BCUT2D eigenvalue weighted by atomic mass is 9.84. The van der Waals surface area contributed by atoms with Gasteiger partial charge in [-0.15, -0.1) is 0 Å². The zero-order valence-corrected chi connectivity index (χ0v) is 13.7. The Morgan fingerprint density at radius 3 is 2.74 bits per heavy atom. The van der Waals surface area contributed by atoms with Crippen LogP contribution in [-0.4, -0.2) is 54.3 Å². The molecule has 0 aromatic carbocycles. The van der Waals surface area contributed by atoms with Crippen molar-refractivity contribution in [2.75, 3.05) is 6.54 Å². The van der Waals surface area contributed by atoms with Gasteiger partial charge in [0, 0.05) is 20.0 Å². The number of fused-ring (bicyclic) bond motifs is 1. The third-order valence-corrected chi connectivity index (χ3v) is 4.20. The molecule has 1 aliphatic rings. The molecule has 2 aromatic heterocycles. The Morgan fingerprint density at radius 2 is 2.09 bits per heavy atom. The second-order valence-corrected chi connectivity index (χ2v) is 6.94. The number of hydrogen-bond acceptors (Lipinski definition) is 5. The Morgan fingerprint density at radius 1 is 1.35 bits per heavy atom. The summed E-state index contributed by atoms with van der Waals surface area (Å²) in [5.41, 5.74) is 1.04. The molecule has 1 aliphatic heterocycles. The first kappa shape index (κ1) is 15.5. The van der Waals surface area contributed by atoms with E-state index in [1.54, 1.807) is 10.9 Å².